The lowest BCUT2D eigenvalue weighted by atomic mass is 9.74. The molecule has 21 heavy (non-hydrogen) atoms. The first-order valence-electron chi connectivity index (χ1n) is 7.49. The van der Waals surface area contributed by atoms with Gasteiger partial charge in [-0.15, -0.1) is 0 Å². The van der Waals surface area contributed by atoms with E-state index in [9.17, 15) is 14.5 Å². The molecular formula is C15H20FN3O2. The molecule has 6 heteroatoms. The van der Waals surface area contributed by atoms with E-state index in [1.165, 1.54) is 12.1 Å². The van der Waals surface area contributed by atoms with Gasteiger partial charge in [0.25, 0.3) is 5.69 Å². The number of piperidine rings is 2. The van der Waals surface area contributed by atoms with E-state index in [-0.39, 0.29) is 11.1 Å². The molecule has 0 aliphatic carbocycles. The largest absolute Gasteiger partial charge is 0.365 e. The minimum atomic E-state index is -0.421. The zero-order valence-electron chi connectivity index (χ0n) is 12.0. The topological polar surface area (TPSA) is 58.4 Å². The van der Waals surface area contributed by atoms with Crippen molar-refractivity contribution in [2.24, 2.45) is 5.41 Å². The molecule has 114 valence electrons. The van der Waals surface area contributed by atoms with Crippen molar-refractivity contribution in [3.8, 4) is 0 Å². The van der Waals surface area contributed by atoms with Crippen LogP contribution in [0.25, 0.3) is 0 Å². The highest BCUT2D eigenvalue weighted by atomic mass is 19.1. The van der Waals surface area contributed by atoms with Crippen LogP contribution < -0.4 is 10.2 Å². The van der Waals surface area contributed by atoms with E-state index in [4.69, 9.17) is 0 Å². The Morgan fingerprint density at radius 2 is 2.14 bits per heavy atom. The zero-order chi connectivity index (χ0) is 14.9. The van der Waals surface area contributed by atoms with Crippen LogP contribution in [0.1, 0.15) is 25.7 Å². The van der Waals surface area contributed by atoms with Crippen molar-refractivity contribution >= 4 is 11.4 Å². The molecule has 0 saturated carbocycles. The van der Waals surface area contributed by atoms with Crippen molar-refractivity contribution in [1.82, 2.24) is 5.32 Å². The minimum Gasteiger partial charge on any atom is -0.365 e. The summed E-state index contributed by atoms with van der Waals surface area (Å²) in [5, 5.41) is 14.6. The summed E-state index contributed by atoms with van der Waals surface area (Å²) in [7, 11) is 0. The van der Waals surface area contributed by atoms with Crippen molar-refractivity contribution in [2.45, 2.75) is 25.7 Å². The van der Waals surface area contributed by atoms with Crippen molar-refractivity contribution in [2.75, 3.05) is 31.1 Å². The van der Waals surface area contributed by atoms with Crippen LogP contribution >= 0.6 is 0 Å². The third kappa shape index (κ3) is 2.85. The Morgan fingerprint density at radius 3 is 2.86 bits per heavy atom. The van der Waals surface area contributed by atoms with E-state index in [2.05, 4.69) is 5.32 Å². The summed E-state index contributed by atoms with van der Waals surface area (Å²) in [4.78, 5) is 12.8. The molecule has 1 aromatic carbocycles. The summed E-state index contributed by atoms with van der Waals surface area (Å²) < 4.78 is 13.5. The summed E-state index contributed by atoms with van der Waals surface area (Å²) in [5.41, 5.74) is 0.596. The van der Waals surface area contributed by atoms with Gasteiger partial charge < -0.3 is 10.2 Å². The number of anilines is 1. The molecule has 1 N–H and O–H groups in total. The molecule has 5 nitrogen and oxygen atoms in total. The lowest BCUT2D eigenvalue weighted by Gasteiger charge is -2.46. The number of rotatable bonds is 2. The maximum atomic E-state index is 13.5. The third-order valence-electron chi connectivity index (χ3n) is 4.70. The fraction of sp³-hybridized carbons (Fsp3) is 0.600. The van der Waals surface area contributed by atoms with E-state index < -0.39 is 10.7 Å². The van der Waals surface area contributed by atoms with E-state index >= 15 is 0 Å². The highest BCUT2D eigenvalue weighted by Gasteiger charge is 2.38. The maximum absolute atomic E-state index is 13.5. The first kappa shape index (κ1) is 14.3. The van der Waals surface area contributed by atoms with Crippen molar-refractivity contribution in [1.29, 1.82) is 0 Å². The van der Waals surface area contributed by atoms with Gasteiger partial charge in [-0.3, -0.25) is 10.1 Å². The number of benzene rings is 1. The highest BCUT2D eigenvalue weighted by molar-refractivity contribution is 5.63. The second kappa shape index (κ2) is 5.60. The number of nitrogens with one attached hydrogen (secondary N) is 1. The summed E-state index contributed by atoms with van der Waals surface area (Å²) in [6, 6.07) is 3.72. The molecule has 2 fully saturated rings. The molecule has 0 bridgehead atoms. The van der Waals surface area contributed by atoms with Gasteiger partial charge in [0.1, 0.15) is 11.5 Å². The average molecular weight is 293 g/mol. The first-order chi connectivity index (χ1) is 10.1. The van der Waals surface area contributed by atoms with Crippen molar-refractivity contribution in [3.63, 3.8) is 0 Å². The molecule has 2 aliphatic rings. The fourth-order valence-electron chi connectivity index (χ4n) is 3.70. The van der Waals surface area contributed by atoms with Crippen LogP contribution in [-0.2, 0) is 0 Å². The molecule has 2 heterocycles. The van der Waals surface area contributed by atoms with Gasteiger partial charge in [-0.1, -0.05) is 0 Å². The van der Waals surface area contributed by atoms with Gasteiger partial charge in [0.05, 0.1) is 4.92 Å². The maximum Gasteiger partial charge on any atom is 0.292 e. The van der Waals surface area contributed by atoms with Crippen molar-refractivity contribution < 1.29 is 9.31 Å². The monoisotopic (exact) mass is 293 g/mol. The second-order valence-corrected chi connectivity index (χ2v) is 6.20. The number of nitrogens with zero attached hydrogens (tertiary/aromatic N) is 2. The highest BCUT2D eigenvalue weighted by Crippen LogP contribution is 2.40. The quantitative estimate of drug-likeness (QED) is 0.673. The number of hydrogen-bond acceptors (Lipinski definition) is 4. The van der Waals surface area contributed by atoms with Crippen LogP contribution in [0.4, 0.5) is 15.8 Å². The number of halogens is 1. The molecule has 2 saturated heterocycles. The lowest BCUT2D eigenvalue weighted by molar-refractivity contribution is -0.384. The molecule has 1 aromatic rings. The van der Waals surface area contributed by atoms with Gasteiger partial charge in [-0.2, -0.15) is 0 Å². The SMILES string of the molecule is O=[N+]([O-])c1ccc(F)cc1N1CCCC2(CCCNC2)C1. The predicted octanol–water partition coefficient (Wildman–Crippen LogP) is 2.70. The summed E-state index contributed by atoms with van der Waals surface area (Å²) in [6.07, 6.45) is 4.41. The minimum absolute atomic E-state index is 0.00258. The molecule has 1 unspecified atom stereocenters. The van der Waals surface area contributed by atoms with Gasteiger partial charge in [0.2, 0.25) is 0 Å². The Hall–Kier alpha value is -1.69. The van der Waals surface area contributed by atoms with Crippen LogP contribution in [0.3, 0.4) is 0 Å². The average Bonchev–Trinajstić information content (AvgIpc) is 2.47. The Morgan fingerprint density at radius 1 is 1.33 bits per heavy atom. The van der Waals surface area contributed by atoms with E-state index in [0.717, 1.165) is 57.9 Å². The van der Waals surface area contributed by atoms with Gasteiger partial charge in [-0.05, 0) is 38.3 Å². The standard InChI is InChI=1S/C15H20FN3O2/c16-12-3-4-13(19(20)21)14(9-12)18-8-2-6-15(11-18)5-1-7-17-10-15/h3-4,9,17H,1-2,5-8,10-11H2. The van der Waals surface area contributed by atoms with Crippen LogP contribution in [0.5, 0.6) is 0 Å². The molecule has 3 rings (SSSR count). The Balaban J connectivity index is 1.89. The number of hydrogen-bond donors (Lipinski definition) is 1. The summed E-state index contributed by atoms with van der Waals surface area (Å²) in [6.45, 7) is 3.52. The Labute approximate surface area is 123 Å². The van der Waals surface area contributed by atoms with Gasteiger partial charge in [-0.25, -0.2) is 4.39 Å². The molecule has 1 atom stereocenters. The van der Waals surface area contributed by atoms with Gasteiger partial charge >= 0.3 is 0 Å². The molecule has 0 amide bonds. The van der Waals surface area contributed by atoms with Gasteiger partial charge in [0, 0.05) is 37.2 Å². The first-order valence-corrected chi connectivity index (χ1v) is 7.49. The fourth-order valence-corrected chi connectivity index (χ4v) is 3.70. The van der Waals surface area contributed by atoms with Crippen molar-refractivity contribution in [3.05, 3.63) is 34.1 Å². The summed E-state index contributed by atoms with van der Waals surface area (Å²) in [5.74, 6) is -0.419. The van der Waals surface area contributed by atoms with Crippen LogP contribution in [0, 0.1) is 21.3 Å². The molecule has 2 aliphatic heterocycles. The third-order valence-corrected chi connectivity index (χ3v) is 4.70. The van der Waals surface area contributed by atoms with E-state index in [1.807, 2.05) is 4.90 Å². The van der Waals surface area contributed by atoms with E-state index in [0.29, 0.717) is 5.69 Å². The molecule has 0 aromatic heterocycles. The molecule has 1 spiro atoms. The smallest absolute Gasteiger partial charge is 0.292 e. The summed E-state index contributed by atoms with van der Waals surface area (Å²) >= 11 is 0. The number of nitro groups is 1. The Kier molecular flexibility index (Phi) is 3.80. The number of nitro benzene ring substituents is 1. The second-order valence-electron chi connectivity index (χ2n) is 6.20. The Bertz CT molecular complexity index is 538. The predicted molar refractivity (Wildman–Crippen MR) is 79.0 cm³/mol. The molecular weight excluding hydrogens is 273 g/mol. The van der Waals surface area contributed by atoms with Crippen LogP contribution in [-0.4, -0.2) is 31.1 Å². The molecule has 0 radical (unpaired) electrons. The van der Waals surface area contributed by atoms with E-state index in [1.54, 1.807) is 0 Å². The lowest BCUT2D eigenvalue weighted by Crippen LogP contribution is -2.51. The zero-order valence-corrected chi connectivity index (χ0v) is 12.0. The normalized spacial score (nSPS) is 26.0. The van der Waals surface area contributed by atoms with Crippen LogP contribution in [0.15, 0.2) is 18.2 Å². The van der Waals surface area contributed by atoms with Gasteiger partial charge in [0.15, 0.2) is 0 Å². The van der Waals surface area contributed by atoms with Crippen LogP contribution in [0.2, 0.25) is 0 Å².